The van der Waals surface area contributed by atoms with E-state index in [1.807, 2.05) is 0 Å². The number of aliphatic carboxylic acids is 1. The lowest BCUT2D eigenvalue weighted by atomic mass is 9.87. The lowest BCUT2D eigenvalue weighted by Gasteiger charge is -2.23. The molecule has 1 aliphatic carbocycles. The van der Waals surface area contributed by atoms with Crippen LogP contribution in [0.3, 0.4) is 0 Å². The van der Waals surface area contributed by atoms with Crippen LogP contribution in [0.15, 0.2) is 18.2 Å². The van der Waals surface area contributed by atoms with Gasteiger partial charge in [0, 0.05) is 12.3 Å². The summed E-state index contributed by atoms with van der Waals surface area (Å²) in [5, 5.41) is 19.8. The number of carboxylic acids is 1. The first-order chi connectivity index (χ1) is 10.2. The molecule has 3 atom stereocenters. The molecule has 0 spiro atoms. The molecule has 1 fully saturated rings. The molecule has 5 heteroatoms. The molecule has 2 N–H and O–H groups in total. The summed E-state index contributed by atoms with van der Waals surface area (Å²) in [5.41, 5.74) is 0.706. The quantitative estimate of drug-likeness (QED) is 0.894. The Balaban J connectivity index is 1.83. The van der Waals surface area contributed by atoms with Crippen LogP contribution < -0.4 is 9.47 Å². The Bertz CT molecular complexity index is 527. The predicted molar refractivity (Wildman–Crippen MR) is 75.5 cm³/mol. The standard InChI is InChI=1S/C16H20O5/c17-15(11-3-1-4-12(11)16(18)19)10-5-6-13-14(9-10)21-8-2-7-20-13/h5-6,9,11-12,15,17H,1-4,7-8H2,(H,18,19). The lowest BCUT2D eigenvalue weighted by Crippen LogP contribution is -2.23. The molecular weight excluding hydrogens is 272 g/mol. The molecule has 21 heavy (non-hydrogen) atoms. The minimum Gasteiger partial charge on any atom is -0.490 e. The molecule has 0 bridgehead atoms. The van der Waals surface area contributed by atoms with Crippen molar-refractivity contribution in [3.63, 3.8) is 0 Å². The minimum atomic E-state index is -0.814. The molecular formula is C16H20O5. The molecule has 3 rings (SSSR count). The number of benzene rings is 1. The van der Waals surface area contributed by atoms with Crippen molar-refractivity contribution < 1.29 is 24.5 Å². The number of aliphatic hydroxyl groups excluding tert-OH is 1. The van der Waals surface area contributed by atoms with Gasteiger partial charge in [0.25, 0.3) is 0 Å². The second-order valence-electron chi connectivity index (χ2n) is 5.74. The SMILES string of the molecule is O=C(O)C1CCCC1C(O)c1ccc2c(c1)OCCCO2. The fourth-order valence-electron chi connectivity index (χ4n) is 3.28. The summed E-state index contributed by atoms with van der Waals surface area (Å²) < 4.78 is 11.2. The van der Waals surface area contributed by atoms with Gasteiger partial charge in [0.2, 0.25) is 0 Å². The van der Waals surface area contributed by atoms with Crippen molar-refractivity contribution in [2.24, 2.45) is 11.8 Å². The van der Waals surface area contributed by atoms with Crippen LogP contribution >= 0.6 is 0 Å². The van der Waals surface area contributed by atoms with Crippen molar-refractivity contribution in [2.45, 2.75) is 31.8 Å². The molecule has 1 heterocycles. The smallest absolute Gasteiger partial charge is 0.306 e. The summed E-state index contributed by atoms with van der Waals surface area (Å²) in [4.78, 5) is 11.3. The first-order valence-corrected chi connectivity index (χ1v) is 7.47. The van der Waals surface area contributed by atoms with Crippen LogP contribution in [-0.4, -0.2) is 29.4 Å². The highest BCUT2D eigenvalue weighted by Gasteiger charge is 2.38. The van der Waals surface area contributed by atoms with Gasteiger partial charge in [-0.3, -0.25) is 4.79 Å². The van der Waals surface area contributed by atoms with Gasteiger partial charge in [0.1, 0.15) is 0 Å². The Hall–Kier alpha value is -1.75. The Kier molecular flexibility index (Phi) is 4.01. The fourth-order valence-corrected chi connectivity index (χ4v) is 3.28. The van der Waals surface area contributed by atoms with Crippen LogP contribution in [0.5, 0.6) is 11.5 Å². The van der Waals surface area contributed by atoms with E-state index in [0.717, 1.165) is 19.3 Å². The number of carbonyl (C=O) groups is 1. The van der Waals surface area contributed by atoms with Crippen LogP contribution in [0, 0.1) is 11.8 Å². The molecule has 1 saturated carbocycles. The second kappa shape index (κ2) is 5.93. The highest BCUT2D eigenvalue weighted by Crippen LogP contribution is 2.42. The summed E-state index contributed by atoms with van der Waals surface area (Å²) in [7, 11) is 0. The topological polar surface area (TPSA) is 76.0 Å². The third kappa shape index (κ3) is 2.83. The molecule has 0 amide bonds. The number of aliphatic hydroxyl groups is 1. The molecule has 1 aromatic rings. The maximum atomic E-state index is 11.3. The van der Waals surface area contributed by atoms with Crippen LogP contribution in [0.25, 0.3) is 0 Å². The van der Waals surface area contributed by atoms with Gasteiger partial charge in [0.15, 0.2) is 11.5 Å². The maximum absolute atomic E-state index is 11.3. The average molecular weight is 292 g/mol. The van der Waals surface area contributed by atoms with Crippen LogP contribution in [0.4, 0.5) is 0 Å². The van der Waals surface area contributed by atoms with Crippen molar-refractivity contribution in [3.8, 4) is 11.5 Å². The zero-order valence-corrected chi connectivity index (χ0v) is 11.8. The van der Waals surface area contributed by atoms with Crippen LogP contribution in [-0.2, 0) is 4.79 Å². The highest BCUT2D eigenvalue weighted by atomic mass is 16.5. The van der Waals surface area contributed by atoms with E-state index in [2.05, 4.69) is 0 Å². The van der Waals surface area contributed by atoms with E-state index >= 15 is 0 Å². The number of carboxylic acid groups (broad SMARTS) is 1. The van der Waals surface area contributed by atoms with Crippen molar-refractivity contribution >= 4 is 5.97 Å². The lowest BCUT2D eigenvalue weighted by molar-refractivity contribution is -0.144. The normalized spacial score (nSPS) is 26.1. The molecule has 5 nitrogen and oxygen atoms in total. The van der Waals surface area contributed by atoms with Gasteiger partial charge < -0.3 is 19.7 Å². The van der Waals surface area contributed by atoms with Gasteiger partial charge in [-0.05, 0) is 30.5 Å². The number of rotatable bonds is 3. The summed E-state index contributed by atoms with van der Waals surface area (Å²) in [6.07, 6.45) is 2.29. The van der Waals surface area contributed by atoms with Crippen LogP contribution in [0.1, 0.15) is 37.4 Å². The predicted octanol–water partition coefficient (Wildman–Crippen LogP) is 2.38. The Morgan fingerprint density at radius 3 is 2.67 bits per heavy atom. The van der Waals surface area contributed by atoms with Crippen molar-refractivity contribution in [1.29, 1.82) is 0 Å². The minimum absolute atomic E-state index is 0.229. The summed E-state index contributed by atoms with van der Waals surface area (Å²) in [6, 6.07) is 5.38. The van der Waals surface area contributed by atoms with E-state index < -0.39 is 18.0 Å². The summed E-state index contributed by atoms with van der Waals surface area (Å²) in [5.74, 6) is -0.187. The summed E-state index contributed by atoms with van der Waals surface area (Å²) >= 11 is 0. The van der Waals surface area contributed by atoms with E-state index in [4.69, 9.17) is 9.47 Å². The Morgan fingerprint density at radius 1 is 1.14 bits per heavy atom. The van der Waals surface area contributed by atoms with Crippen molar-refractivity contribution in [1.82, 2.24) is 0 Å². The van der Waals surface area contributed by atoms with E-state index in [1.165, 1.54) is 0 Å². The number of fused-ring (bicyclic) bond motifs is 1. The molecule has 114 valence electrons. The number of ether oxygens (including phenoxy) is 2. The first kappa shape index (κ1) is 14.2. The number of hydrogen-bond donors (Lipinski definition) is 2. The van der Waals surface area contributed by atoms with Crippen LogP contribution in [0.2, 0.25) is 0 Å². The Morgan fingerprint density at radius 2 is 1.90 bits per heavy atom. The van der Waals surface area contributed by atoms with Gasteiger partial charge in [-0.2, -0.15) is 0 Å². The second-order valence-corrected chi connectivity index (χ2v) is 5.74. The average Bonchev–Trinajstić information content (AvgIpc) is 2.85. The Labute approximate surface area is 123 Å². The van der Waals surface area contributed by atoms with Gasteiger partial charge in [0.05, 0.1) is 25.2 Å². The first-order valence-electron chi connectivity index (χ1n) is 7.47. The molecule has 1 aromatic carbocycles. The molecule has 0 saturated heterocycles. The molecule has 2 aliphatic rings. The molecule has 3 unspecified atom stereocenters. The van der Waals surface area contributed by atoms with E-state index in [0.29, 0.717) is 36.7 Å². The third-order valence-electron chi connectivity index (χ3n) is 4.41. The highest BCUT2D eigenvalue weighted by molar-refractivity contribution is 5.70. The van der Waals surface area contributed by atoms with E-state index in [-0.39, 0.29) is 5.92 Å². The maximum Gasteiger partial charge on any atom is 0.306 e. The zero-order valence-electron chi connectivity index (χ0n) is 11.8. The molecule has 1 aliphatic heterocycles. The monoisotopic (exact) mass is 292 g/mol. The van der Waals surface area contributed by atoms with Gasteiger partial charge in [-0.25, -0.2) is 0 Å². The number of hydrogen-bond acceptors (Lipinski definition) is 4. The largest absolute Gasteiger partial charge is 0.490 e. The van der Waals surface area contributed by atoms with Crippen molar-refractivity contribution in [3.05, 3.63) is 23.8 Å². The van der Waals surface area contributed by atoms with Gasteiger partial charge in [-0.1, -0.05) is 12.5 Å². The van der Waals surface area contributed by atoms with Crippen molar-refractivity contribution in [2.75, 3.05) is 13.2 Å². The third-order valence-corrected chi connectivity index (χ3v) is 4.41. The molecule has 0 radical (unpaired) electrons. The zero-order chi connectivity index (χ0) is 14.8. The van der Waals surface area contributed by atoms with E-state index in [9.17, 15) is 15.0 Å². The fraction of sp³-hybridized carbons (Fsp3) is 0.562. The van der Waals surface area contributed by atoms with Gasteiger partial charge in [-0.15, -0.1) is 0 Å². The van der Waals surface area contributed by atoms with E-state index in [1.54, 1.807) is 18.2 Å². The van der Waals surface area contributed by atoms with Gasteiger partial charge >= 0.3 is 5.97 Å². The summed E-state index contributed by atoms with van der Waals surface area (Å²) in [6.45, 7) is 1.21. The molecule has 0 aromatic heterocycles.